The molecule has 0 bridgehead atoms. The van der Waals surface area contributed by atoms with Gasteiger partial charge in [-0.25, -0.2) is 0 Å². The molecule has 0 radical (unpaired) electrons. The highest BCUT2D eigenvalue weighted by Crippen LogP contribution is 2.30. The van der Waals surface area contributed by atoms with Gasteiger partial charge in [0.05, 0.1) is 19.8 Å². The summed E-state index contributed by atoms with van der Waals surface area (Å²) in [6.07, 6.45) is -23.5. The minimum Gasteiger partial charge on any atom is -0.394 e. The van der Waals surface area contributed by atoms with Crippen molar-refractivity contribution in [3.63, 3.8) is 0 Å². The van der Waals surface area contributed by atoms with Crippen LogP contribution in [0.4, 0.5) is 0 Å². The number of rotatable bonds is 8. The molecule has 0 unspecified atom stereocenters. The summed E-state index contributed by atoms with van der Waals surface area (Å²) in [5.74, 6) is 0. The van der Waals surface area contributed by atoms with E-state index in [2.05, 4.69) is 0 Å². The molecular formula is C19H34O16. The van der Waals surface area contributed by atoms with Gasteiger partial charge in [0.25, 0.3) is 0 Å². The largest absolute Gasteiger partial charge is 0.394 e. The average molecular weight is 518 g/mol. The summed E-state index contributed by atoms with van der Waals surface area (Å²) < 4.78 is 31.9. The highest BCUT2D eigenvalue weighted by atomic mass is 16.7. The van der Waals surface area contributed by atoms with E-state index >= 15 is 0 Å². The Morgan fingerprint density at radius 2 is 1.03 bits per heavy atom. The van der Waals surface area contributed by atoms with Gasteiger partial charge in [-0.3, -0.25) is 0 Å². The maximum Gasteiger partial charge on any atom is 0.187 e. The standard InChI is InChI=1S/C19H34O16/c1-30-17-15(29)16(35-19-14(28)12(26)9(23)6(3-21)33-19)10(24)7(34-17)4-31-18-13(27)11(25)8(22)5(2-20)32-18/h5-29H,2-4H2,1H3/t5-,6-,7-,8-,9-,10-,11-,12-,13-,14-,15-,16-,17+,18-,19+/m1/s1. The van der Waals surface area contributed by atoms with Crippen LogP contribution in [-0.4, -0.2) is 170 Å². The van der Waals surface area contributed by atoms with Gasteiger partial charge in [-0.15, -0.1) is 0 Å². The van der Waals surface area contributed by atoms with Crippen LogP contribution in [0, 0.1) is 0 Å². The van der Waals surface area contributed by atoms with E-state index in [4.69, 9.17) is 28.4 Å². The Hall–Kier alpha value is -0.640. The zero-order valence-corrected chi connectivity index (χ0v) is 18.7. The van der Waals surface area contributed by atoms with E-state index < -0.39 is 112 Å². The van der Waals surface area contributed by atoms with Gasteiger partial charge in [0.1, 0.15) is 73.2 Å². The van der Waals surface area contributed by atoms with E-state index in [9.17, 15) is 51.1 Å². The lowest BCUT2D eigenvalue weighted by Crippen LogP contribution is -2.65. The number of ether oxygens (including phenoxy) is 6. The van der Waals surface area contributed by atoms with Gasteiger partial charge in [-0.05, 0) is 0 Å². The zero-order valence-electron chi connectivity index (χ0n) is 18.7. The predicted octanol–water partition coefficient (Wildman–Crippen LogP) is -6.92. The van der Waals surface area contributed by atoms with Crippen LogP contribution < -0.4 is 0 Å². The summed E-state index contributed by atoms with van der Waals surface area (Å²) in [5.41, 5.74) is 0. The lowest BCUT2D eigenvalue weighted by Gasteiger charge is -2.46. The third-order valence-corrected chi connectivity index (χ3v) is 6.29. The van der Waals surface area contributed by atoms with Crippen molar-refractivity contribution in [3.05, 3.63) is 0 Å². The van der Waals surface area contributed by atoms with Gasteiger partial charge >= 0.3 is 0 Å². The van der Waals surface area contributed by atoms with Crippen LogP contribution in [0.25, 0.3) is 0 Å². The monoisotopic (exact) mass is 518 g/mol. The molecule has 3 heterocycles. The second-order valence-corrected chi connectivity index (χ2v) is 8.59. The molecule has 3 aliphatic heterocycles. The second kappa shape index (κ2) is 12.3. The Morgan fingerprint density at radius 1 is 0.543 bits per heavy atom. The molecule has 0 saturated carbocycles. The van der Waals surface area contributed by atoms with Crippen LogP contribution in [0.3, 0.4) is 0 Å². The molecule has 16 heteroatoms. The summed E-state index contributed by atoms with van der Waals surface area (Å²) in [6, 6.07) is 0. The third-order valence-electron chi connectivity index (χ3n) is 6.29. The van der Waals surface area contributed by atoms with E-state index in [1.54, 1.807) is 0 Å². The Morgan fingerprint density at radius 3 is 1.54 bits per heavy atom. The summed E-state index contributed by atoms with van der Waals surface area (Å²) in [5, 5.41) is 99.9. The van der Waals surface area contributed by atoms with Crippen LogP contribution in [0.5, 0.6) is 0 Å². The van der Waals surface area contributed by atoms with Gasteiger partial charge in [0, 0.05) is 7.11 Å². The van der Waals surface area contributed by atoms with Gasteiger partial charge in [-0.2, -0.15) is 0 Å². The van der Waals surface area contributed by atoms with Crippen LogP contribution in [0.1, 0.15) is 0 Å². The average Bonchev–Trinajstić information content (AvgIpc) is 2.85. The summed E-state index contributed by atoms with van der Waals surface area (Å²) in [6.45, 7) is -1.93. The third kappa shape index (κ3) is 5.93. The summed E-state index contributed by atoms with van der Waals surface area (Å²) in [4.78, 5) is 0. The molecule has 35 heavy (non-hydrogen) atoms. The number of hydrogen-bond donors (Lipinski definition) is 10. The van der Waals surface area contributed by atoms with Crippen LogP contribution in [0.2, 0.25) is 0 Å². The van der Waals surface area contributed by atoms with Crippen molar-refractivity contribution in [2.75, 3.05) is 26.9 Å². The van der Waals surface area contributed by atoms with Crippen molar-refractivity contribution < 1.29 is 79.5 Å². The molecule has 0 aliphatic carbocycles. The fraction of sp³-hybridized carbons (Fsp3) is 1.00. The van der Waals surface area contributed by atoms with Gasteiger partial charge in [-0.1, -0.05) is 0 Å². The van der Waals surface area contributed by atoms with E-state index in [1.165, 1.54) is 7.11 Å². The van der Waals surface area contributed by atoms with Crippen molar-refractivity contribution in [2.24, 2.45) is 0 Å². The molecule has 206 valence electrons. The van der Waals surface area contributed by atoms with E-state index in [0.717, 1.165) is 0 Å². The predicted molar refractivity (Wildman–Crippen MR) is 106 cm³/mol. The minimum atomic E-state index is -1.81. The second-order valence-electron chi connectivity index (χ2n) is 8.59. The van der Waals surface area contributed by atoms with E-state index in [0.29, 0.717) is 0 Å². The molecule has 0 amide bonds. The molecule has 0 aromatic carbocycles. The highest BCUT2D eigenvalue weighted by Gasteiger charge is 2.51. The summed E-state index contributed by atoms with van der Waals surface area (Å²) in [7, 11) is 1.19. The Bertz CT molecular complexity index is 652. The maximum absolute atomic E-state index is 10.8. The number of aliphatic hydroxyl groups is 10. The molecule has 10 N–H and O–H groups in total. The lowest BCUT2D eigenvalue weighted by molar-refractivity contribution is -0.364. The lowest BCUT2D eigenvalue weighted by atomic mass is 9.97. The summed E-state index contributed by atoms with van der Waals surface area (Å²) >= 11 is 0. The fourth-order valence-electron chi connectivity index (χ4n) is 4.13. The Kier molecular flexibility index (Phi) is 10.1. The van der Waals surface area contributed by atoms with Crippen LogP contribution in [0.15, 0.2) is 0 Å². The number of hydrogen-bond acceptors (Lipinski definition) is 16. The van der Waals surface area contributed by atoms with Crippen molar-refractivity contribution in [2.45, 2.75) is 92.1 Å². The fourth-order valence-corrected chi connectivity index (χ4v) is 4.13. The van der Waals surface area contributed by atoms with Gasteiger partial charge in [0.2, 0.25) is 0 Å². The Balaban J connectivity index is 1.69. The first-order valence-electron chi connectivity index (χ1n) is 11.0. The molecule has 3 saturated heterocycles. The Labute approximate surface area is 199 Å². The first-order chi connectivity index (χ1) is 16.5. The zero-order chi connectivity index (χ0) is 26.0. The molecule has 0 aromatic heterocycles. The molecule has 3 rings (SSSR count). The molecule has 3 fully saturated rings. The minimum absolute atomic E-state index is 0.523. The van der Waals surface area contributed by atoms with Crippen LogP contribution in [-0.2, 0) is 28.4 Å². The normalized spacial score (nSPS) is 51.3. The molecule has 16 nitrogen and oxygen atoms in total. The first-order valence-corrected chi connectivity index (χ1v) is 11.0. The molecule has 0 spiro atoms. The molecule has 3 aliphatic rings. The van der Waals surface area contributed by atoms with Gasteiger partial charge < -0.3 is 79.5 Å². The molecule has 0 aromatic rings. The van der Waals surface area contributed by atoms with Gasteiger partial charge in [0.15, 0.2) is 18.9 Å². The van der Waals surface area contributed by atoms with E-state index in [1.807, 2.05) is 0 Å². The first kappa shape index (κ1) is 28.9. The number of methoxy groups -OCH3 is 1. The quantitative estimate of drug-likeness (QED) is 0.143. The maximum atomic E-state index is 10.8. The van der Waals surface area contributed by atoms with Crippen LogP contribution >= 0.6 is 0 Å². The van der Waals surface area contributed by atoms with E-state index in [-0.39, 0.29) is 0 Å². The van der Waals surface area contributed by atoms with Crippen molar-refractivity contribution in [1.82, 2.24) is 0 Å². The van der Waals surface area contributed by atoms with Crippen molar-refractivity contribution in [3.8, 4) is 0 Å². The van der Waals surface area contributed by atoms with Crippen molar-refractivity contribution in [1.29, 1.82) is 0 Å². The SMILES string of the molecule is CO[C@H]1O[C@H](CO[C@@H]2O[C@H](CO)[C@@H](O)[C@@H](O)[C@H]2O)[C@@H](O)[C@@H](O[C@@H]2O[C@H](CO)[C@@H](O)[C@@H](O)[C@H]2O)[C@H]1O. The topological polar surface area (TPSA) is 258 Å². The molecule has 15 atom stereocenters. The number of aliphatic hydroxyl groups excluding tert-OH is 10. The van der Waals surface area contributed by atoms with Crippen molar-refractivity contribution >= 4 is 0 Å². The molecular weight excluding hydrogens is 484 g/mol. The highest BCUT2D eigenvalue weighted by molar-refractivity contribution is 4.95. The smallest absolute Gasteiger partial charge is 0.187 e.